The number of aromatic nitrogens is 1. The quantitative estimate of drug-likeness (QED) is 0.690. The molecule has 0 aliphatic carbocycles. The first-order valence-electron chi connectivity index (χ1n) is 10.3. The molecule has 1 aromatic heterocycles. The molecule has 0 radical (unpaired) electrons. The summed E-state index contributed by atoms with van der Waals surface area (Å²) in [7, 11) is -1.97. The lowest BCUT2D eigenvalue weighted by Gasteiger charge is -2.30. The second-order valence-electron chi connectivity index (χ2n) is 7.42. The van der Waals surface area contributed by atoms with Gasteiger partial charge in [-0.15, -0.1) is 0 Å². The monoisotopic (exact) mass is 452 g/mol. The maximum absolute atomic E-state index is 13.0. The van der Waals surface area contributed by atoms with Crippen LogP contribution >= 0.6 is 11.6 Å². The zero-order valence-corrected chi connectivity index (χ0v) is 19.3. The first-order chi connectivity index (χ1) is 14.3. The van der Waals surface area contributed by atoms with E-state index in [2.05, 4.69) is 10.2 Å². The first kappa shape index (κ1) is 22.7. The molecule has 164 valence electrons. The van der Waals surface area contributed by atoms with Gasteiger partial charge in [0.05, 0.1) is 11.4 Å². The average Bonchev–Trinajstić information content (AvgIpc) is 3.12. The molecule has 1 fully saturated rings. The predicted octanol–water partition coefficient (Wildman–Crippen LogP) is 3.95. The molecule has 1 aromatic carbocycles. The standard InChI is InChI=1S/C21H29ClN4O3S/c1-4-26(5-2)30(28,29)17-14-20(24(3)15-17)21(27)23-18-13-16(22)9-10-19(18)25-11-7-6-8-12-25/h9-10,13-15H,4-8,11-12H2,1-3H3,(H,23,27). The molecule has 1 aliphatic heterocycles. The summed E-state index contributed by atoms with van der Waals surface area (Å²) in [6.45, 7) is 6.19. The summed E-state index contributed by atoms with van der Waals surface area (Å²) in [4.78, 5) is 15.4. The van der Waals surface area contributed by atoms with Gasteiger partial charge in [0.1, 0.15) is 10.6 Å². The van der Waals surface area contributed by atoms with Gasteiger partial charge in [0.2, 0.25) is 10.0 Å². The van der Waals surface area contributed by atoms with Gasteiger partial charge in [0.25, 0.3) is 5.91 Å². The van der Waals surface area contributed by atoms with Crippen molar-refractivity contribution in [3.05, 3.63) is 41.2 Å². The molecule has 0 bridgehead atoms. The number of benzene rings is 1. The van der Waals surface area contributed by atoms with Crippen LogP contribution in [0.4, 0.5) is 11.4 Å². The highest BCUT2D eigenvalue weighted by atomic mass is 35.5. The van der Waals surface area contributed by atoms with Gasteiger partial charge in [0, 0.05) is 44.4 Å². The Hall–Kier alpha value is -2.03. The molecule has 0 spiro atoms. The van der Waals surface area contributed by atoms with Gasteiger partial charge >= 0.3 is 0 Å². The van der Waals surface area contributed by atoms with E-state index in [1.54, 1.807) is 27.0 Å². The number of sulfonamides is 1. The molecule has 30 heavy (non-hydrogen) atoms. The molecule has 7 nitrogen and oxygen atoms in total. The van der Waals surface area contributed by atoms with E-state index < -0.39 is 10.0 Å². The minimum Gasteiger partial charge on any atom is -0.370 e. The molecule has 1 N–H and O–H groups in total. The Morgan fingerprint density at radius 2 is 1.80 bits per heavy atom. The summed E-state index contributed by atoms with van der Waals surface area (Å²) in [5.74, 6) is -0.376. The Balaban J connectivity index is 1.89. The van der Waals surface area contributed by atoms with Crippen LogP contribution in [0.1, 0.15) is 43.6 Å². The number of hydrogen-bond acceptors (Lipinski definition) is 4. The van der Waals surface area contributed by atoms with Crippen molar-refractivity contribution in [1.29, 1.82) is 0 Å². The molecule has 0 saturated carbocycles. The number of nitrogens with one attached hydrogen (secondary N) is 1. The predicted molar refractivity (Wildman–Crippen MR) is 121 cm³/mol. The third kappa shape index (κ3) is 4.66. The Labute approximate surface area is 183 Å². The average molecular weight is 453 g/mol. The fourth-order valence-corrected chi connectivity index (χ4v) is 5.52. The maximum Gasteiger partial charge on any atom is 0.272 e. The highest BCUT2D eigenvalue weighted by Crippen LogP contribution is 2.32. The van der Waals surface area contributed by atoms with Crippen LogP contribution in [-0.4, -0.2) is 49.4 Å². The van der Waals surface area contributed by atoms with Crippen molar-refractivity contribution in [3.63, 3.8) is 0 Å². The van der Waals surface area contributed by atoms with Gasteiger partial charge in [-0.25, -0.2) is 8.42 Å². The van der Waals surface area contributed by atoms with Gasteiger partial charge in [-0.3, -0.25) is 4.79 Å². The Kier molecular flexibility index (Phi) is 7.10. The van der Waals surface area contributed by atoms with E-state index in [1.807, 2.05) is 12.1 Å². The van der Waals surface area contributed by atoms with Crippen molar-refractivity contribution in [2.45, 2.75) is 38.0 Å². The molecule has 1 aliphatic rings. The summed E-state index contributed by atoms with van der Waals surface area (Å²) in [5, 5.41) is 3.46. The van der Waals surface area contributed by atoms with E-state index in [-0.39, 0.29) is 16.5 Å². The van der Waals surface area contributed by atoms with E-state index in [0.717, 1.165) is 31.6 Å². The molecule has 1 amide bonds. The molecule has 1 saturated heterocycles. The summed E-state index contributed by atoms with van der Waals surface area (Å²) in [6, 6.07) is 6.90. The van der Waals surface area contributed by atoms with Crippen LogP contribution in [0, 0.1) is 0 Å². The van der Waals surface area contributed by atoms with Crippen molar-refractivity contribution < 1.29 is 13.2 Å². The highest BCUT2D eigenvalue weighted by Gasteiger charge is 2.26. The van der Waals surface area contributed by atoms with E-state index in [4.69, 9.17) is 11.6 Å². The minimum absolute atomic E-state index is 0.112. The number of rotatable bonds is 7. The van der Waals surface area contributed by atoms with Crippen molar-refractivity contribution >= 4 is 38.9 Å². The highest BCUT2D eigenvalue weighted by molar-refractivity contribution is 7.89. The first-order valence-corrected chi connectivity index (χ1v) is 12.1. The van der Waals surface area contributed by atoms with Gasteiger partial charge in [0.15, 0.2) is 0 Å². The number of carbonyl (C=O) groups excluding carboxylic acids is 1. The number of carbonyl (C=O) groups is 1. The third-order valence-corrected chi connectivity index (χ3v) is 7.71. The molecule has 9 heteroatoms. The lowest BCUT2D eigenvalue weighted by atomic mass is 10.1. The molecule has 2 heterocycles. The number of nitrogens with zero attached hydrogens (tertiary/aromatic N) is 3. The lowest BCUT2D eigenvalue weighted by molar-refractivity contribution is 0.101. The van der Waals surface area contributed by atoms with E-state index in [9.17, 15) is 13.2 Å². The van der Waals surface area contributed by atoms with Crippen molar-refractivity contribution in [1.82, 2.24) is 8.87 Å². The Bertz CT molecular complexity index is 1010. The van der Waals surface area contributed by atoms with Crippen molar-refractivity contribution in [2.75, 3.05) is 36.4 Å². The molecule has 0 atom stereocenters. The second kappa shape index (κ2) is 9.41. The van der Waals surface area contributed by atoms with Gasteiger partial charge in [-0.2, -0.15) is 4.31 Å². The van der Waals surface area contributed by atoms with E-state index in [0.29, 0.717) is 23.8 Å². The summed E-state index contributed by atoms with van der Waals surface area (Å²) < 4.78 is 28.5. The smallest absolute Gasteiger partial charge is 0.272 e. The third-order valence-electron chi connectivity index (χ3n) is 5.46. The lowest BCUT2D eigenvalue weighted by Crippen LogP contribution is -2.30. The van der Waals surface area contributed by atoms with Crippen LogP contribution in [-0.2, 0) is 17.1 Å². The fourth-order valence-electron chi connectivity index (χ4n) is 3.82. The number of aryl methyl sites for hydroxylation is 1. The fraction of sp³-hybridized carbons (Fsp3) is 0.476. The Morgan fingerprint density at radius 3 is 2.43 bits per heavy atom. The van der Waals surface area contributed by atoms with Gasteiger partial charge in [-0.1, -0.05) is 25.4 Å². The molecule has 0 unspecified atom stereocenters. The number of amides is 1. The summed E-state index contributed by atoms with van der Waals surface area (Å²) in [6.07, 6.45) is 4.91. The zero-order chi connectivity index (χ0) is 21.9. The molecule has 3 rings (SSSR count). The van der Waals surface area contributed by atoms with Crippen molar-refractivity contribution in [3.8, 4) is 0 Å². The normalized spacial score (nSPS) is 14.9. The van der Waals surface area contributed by atoms with Gasteiger partial charge < -0.3 is 14.8 Å². The number of piperidine rings is 1. The summed E-state index contributed by atoms with van der Waals surface area (Å²) >= 11 is 6.19. The van der Waals surface area contributed by atoms with Gasteiger partial charge in [-0.05, 0) is 43.5 Å². The van der Waals surface area contributed by atoms with Crippen LogP contribution in [0.15, 0.2) is 35.4 Å². The molecular formula is C21H29ClN4O3S. The van der Waals surface area contributed by atoms with Crippen molar-refractivity contribution in [2.24, 2.45) is 7.05 Å². The maximum atomic E-state index is 13.0. The van der Waals surface area contributed by atoms with Crippen LogP contribution < -0.4 is 10.2 Å². The number of anilines is 2. The van der Waals surface area contributed by atoms with Crippen LogP contribution in [0.2, 0.25) is 5.02 Å². The van der Waals surface area contributed by atoms with Crippen LogP contribution in [0.3, 0.4) is 0 Å². The SMILES string of the molecule is CCN(CC)S(=O)(=O)c1cc(C(=O)Nc2cc(Cl)ccc2N2CCCCC2)n(C)c1. The van der Waals surface area contributed by atoms with E-state index in [1.165, 1.54) is 27.6 Å². The summed E-state index contributed by atoms with van der Waals surface area (Å²) in [5.41, 5.74) is 1.83. The van der Waals surface area contributed by atoms with Crippen LogP contribution in [0.5, 0.6) is 0 Å². The molecular weight excluding hydrogens is 424 g/mol. The minimum atomic E-state index is -3.64. The Morgan fingerprint density at radius 1 is 1.13 bits per heavy atom. The number of hydrogen-bond donors (Lipinski definition) is 1. The van der Waals surface area contributed by atoms with Crippen LogP contribution in [0.25, 0.3) is 0 Å². The van der Waals surface area contributed by atoms with E-state index >= 15 is 0 Å². The zero-order valence-electron chi connectivity index (χ0n) is 17.7. The largest absolute Gasteiger partial charge is 0.370 e. The topological polar surface area (TPSA) is 74.7 Å². The second-order valence-corrected chi connectivity index (χ2v) is 9.80. The number of halogens is 1. The molecule has 2 aromatic rings.